The van der Waals surface area contributed by atoms with E-state index in [1.807, 2.05) is 49.0 Å². The zero-order valence-corrected chi connectivity index (χ0v) is 14.9. The summed E-state index contributed by atoms with van der Waals surface area (Å²) in [6.07, 6.45) is 4.85. The summed E-state index contributed by atoms with van der Waals surface area (Å²) in [5, 5.41) is 9.21. The topological polar surface area (TPSA) is 54.0 Å². The molecule has 1 atom stereocenters. The van der Waals surface area contributed by atoms with Gasteiger partial charge in [-0.25, -0.2) is 9.98 Å². The van der Waals surface area contributed by atoms with Gasteiger partial charge in [0.1, 0.15) is 0 Å². The monoisotopic (exact) mass is 320 g/mol. The summed E-state index contributed by atoms with van der Waals surface area (Å²) in [5.74, 6) is 0. The summed E-state index contributed by atoms with van der Waals surface area (Å²) >= 11 is 0. The molecule has 0 aliphatic carbocycles. The third-order valence-corrected chi connectivity index (χ3v) is 4.05. The quantitative estimate of drug-likeness (QED) is 0.841. The number of allylic oxidation sites excluding steroid dienone is 1. The van der Waals surface area contributed by atoms with Crippen LogP contribution < -0.4 is 5.62 Å². The fourth-order valence-electron chi connectivity index (χ4n) is 2.34. The normalized spacial score (nSPS) is 12.7. The molecule has 24 heavy (non-hydrogen) atoms. The maximum absolute atomic E-state index is 9.21. The first-order valence-corrected chi connectivity index (χ1v) is 8.20. The van der Waals surface area contributed by atoms with Crippen molar-refractivity contribution in [1.82, 2.24) is 9.55 Å². The molecule has 0 radical (unpaired) electrons. The molecule has 0 N–H and O–H groups in total. The number of hydrogen-bond acceptors (Lipinski definition) is 3. The minimum Gasteiger partial charge on any atom is -0.313 e. The summed E-state index contributed by atoms with van der Waals surface area (Å²) in [6.45, 7) is 12.9. The van der Waals surface area contributed by atoms with Crippen molar-refractivity contribution >= 4 is 5.57 Å². The van der Waals surface area contributed by atoms with Crippen molar-refractivity contribution in [2.24, 2.45) is 4.99 Å². The molecular weight excluding hydrogens is 296 g/mol. The van der Waals surface area contributed by atoms with Gasteiger partial charge in [0.25, 0.3) is 0 Å². The highest BCUT2D eigenvalue weighted by Crippen LogP contribution is 2.18. The first-order chi connectivity index (χ1) is 11.4. The van der Waals surface area contributed by atoms with Crippen LogP contribution in [-0.4, -0.2) is 15.6 Å². The van der Waals surface area contributed by atoms with Crippen LogP contribution in [0.3, 0.4) is 0 Å². The molecule has 0 saturated carbocycles. The van der Waals surface area contributed by atoms with E-state index in [9.17, 15) is 5.26 Å². The van der Waals surface area contributed by atoms with Crippen molar-refractivity contribution < 1.29 is 0 Å². The Hall–Kier alpha value is -2.67. The maximum atomic E-state index is 9.21. The molecule has 4 nitrogen and oxygen atoms in total. The van der Waals surface area contributed by atoms with E-state index in [0.29, 0.717) is 17.7 Å². The van der Waals surface area contributed by atoms with Crippen molar-refractivity contribution in [2.75, 3.05) is 0 Å². The molecule has 1 heterocycles. The average molecular weight is 320 g/mol. The van der Waals surface area contributed by atoms with Crippen LogP contribution in [0.1, 0.15) is 42.5 Å². The molecule has 2 rings (SSSR count). The van der Waals surface area contributed by atoms with Crippen LogP contribution in [0.4, 0.5) is 0 Å². The zero-order chi connectivity index (χ0) is 17.7. The van der Waals surface area contributed by atoms with Crippen LogP contribution >= 0.6 is 0 Å². The number of aromatic nitrogens is 2. The number of rotatable bonds is 5. The third-order valence-electron chi connectivity index (χ3n) is 4.05. The number of benzene rings is 1. The predicted molar refractivity (Wildman–Crippen MR) is 97.2 cm³/mol. The first kappa shape index (κ1) is 17.7. The van der Waals surface area contributed by atoms with Crippen molar-refractivity contribution in [2.45, 2.75) is 46.7 Å². The van der Waals surface area contributed by atoms with E-state index in [0.717, 1.165) is 28.7 Å². The molecule has 0 spiro atoms. The van der Waals surface area contributed by atoms with Gasteiger partial charge < -0.3 is 4.57 Å². The van der Waals surface area contributed by atoms with E-state index in [1.165, 1.54) is 0 Å². The van der Waals surface area contributed by atoms with Crippen LogP contribution in [-0.2, 0) is 6.54 Å². The van der Waals surface area contributed by atoms with Gasteiger partial charge in [0.2, 0.25) is 5.62 Å². The highest BCUT2D eigenvalue weighted by atomic mass is 15.1. The van der Waals surface area contributed by atoms with Gasteiger partial charge in [-0.05, 0) is 55.5 Å². The lowest BCUT2D eigenvalue weighted by Crippen LogP contribution is -2.26. The summed E-state index contributed by atoms with van der Waals surface area (Å²) in [5.41, 5.74) is 5.36. The zero-order valence-electron chi connectivity index (χ0n) is 14.9. The fraction of sp³-hybridized carbons (Fsp3) is 0.350. The Balaban J connectivity index is 2.37. The van der Waals surface area contributed by atoms with E-state index >= 15 is 0 Å². The van der Waals surface area contributed by atoms with Crippen LogP contribution in [0, 0.1) is 25.2 Å². The molecular formula is C20H24N4. The standard InChI is InChI=1S/C20H24N4/c1-6-17(5)23-20-22-11-14(2)12-24(20)13-16(4)18-8-7-15(3)19(9-18)10-21/h7-9,11-12,17H,4,6,13H2,1-3,5H3. The Kier molecular flexibility index (Phi) is 5.70. The molecule has 4 heteroatoms. The number of hydrogen-bond donors (Lipinski definition) is 0. The predicted octanol–water partition coefficient (Wildman–Crippen LogP) is 3.78. The molecule has 0 amide bonds. The van der Waals surface area contributed by atoms with E-state index in [1.54, 1.807) is 0 Å². The Morgan fingerprint density at radius 1 is 1.42 bits per heavy atom. The van der Waals surface area contributed by atoms with Gasteiger partial charge in [-0.3, -0.25) is 0 Å². The fourth-order valence-corrected chi connectivity index (χ4v) is 2.34. The molecule has 1 aromatic heterocycles. The molecule has 0 saturated heterocycles. The second-order valence-corrected chi connectivity index (χ2v) is 6.19. The number of nitriles is 1. The smallest absolute Gasteiger partial charge is 0.225 e. The Morgan fingerprint density at radius 2 is 2.17 bits per heavy atom. The first-order valence-electron chi connectivity index (χ1n) is 8.20. The van der Waals surface area contributed by atoms with Crippen molar-refractivity contribution in [1.29, 1.82) is 5.26 Å². The highest BCUT2D eigenvalue weighted by Gasteiger charge is 2.06. The van der Waals surface area contributed by atoms with Crippen molar-refractivity contribution in [3.05, 3.63) is 65.0 Å². The second-order valence-electron chi connectivity index (χ2n) is 6.19. The van der Waals surface area contributed by atoms with Gasteiger partial charge in [0.05, 0.1) is 24.2 Å². The largest absolute Gasteiger partial charge is 0.313 e. The third kappa shape index (κ3) is 4.20. The molecule has 0 aliphatic rings. The minimum atomic E-state index is 0.226. The lowest BCUT2D eigenvalue weighted by molar-refractivity contribution is 0.634. The van der Waals surface area contributed by atoms with E-state index in [2.05, 4.69) is 36.5 Å². The van der Waals surface area contributed by atoms with Gasteiger partial charge in [0, 0.05) is 12.4 Å². The van der Waals surface area contributed by atoms with Crippen LogP contribution in [0.5, 0.6) is 0 Å². The molecule has 0 fully saturated rings. The summed E-state index contributed by atoms with van der Waals surface area (Å²) in [4.78, 5) is 9.14. The molecule has 0 aliphatic heterocycles. The SMILES string of the molecule is C=C(Cn1cc(C)cnc1=NC(C)CC)c1ccc(C)c(C#N)c1. The molecule has 1 aromatic carbocycles. The lowest BCUT2D eigenvalue weighted by Gasteiger charge is -2.12. The Morgan fingerprint density at radius 3 is 2.83 bits per heavy atom. The second kappa shape index (κ2) is 7.74. The van der Waals surface area contributed by atoms with E-state index in [4.69, 9.17) is 0 Å². The van der Waals surface area contributed by atoms with E-state index in [-0.39, 0.29) is 6.04 Å². The number of nitrogens with zero attached hydrogens (tertiary/aromatic N) is 4. The van der Waals surface area contributed by atoms with Gasteiger partial charge in [-0.2, -0.15) is 5.26 Å². The molecule has 0 bridgehead atoms. The van der Waals surface area contributed by atoms with Crippen LogP contribution in [0.15, 0.2) is 42.2 Å². The van der Waals surface area contributed by atoms with Crippen molar-refractivity contribution in [3.63, 3.8) is 0 Å². The van der Waals surface area contributed by atoms with Gasteiger partial charge in [-0.1, -0.05) is 25.6 Å². The molecule has 124 valence electrons. The molecule has 2 aromatic rings. The minimum absolute atomic E-state index is 0.226. The Labute approximate surface area is 143 Å². The van der Waals surface area contributed by atoms with Gasteiger partial charge >= 0.3 is 0 Å². The van der Waals surface area contributed by atoms with Crippen LogP contribution in [0.25, 0.3) is 5.57 Å². The maximum Gasteiger partial charge on any atom is 0.225 e. The van der Waals surface area contributed by atoms with Crippen molar-refractivity contribution in [3.8, 4) is 6.07 Å². The highest BCUT2D eigenvalue weighted by molar-refractivity contribution is 5.65. The van der Waals surface area contributed by atoms with Gasteiger partial charge in [-0.15, -0.1) is 0 Å². The average Bonchev–Trinajstić information content (AvgIpc) is 2.57. The Bertz CT molecular complexity index is 853. The number of aryl methyl sites for hydroxylation is 2. The van der Waals surface area contributed by atoms with Gasteiger partial charge in [0.15, 0.2) is 0 Å². The van der Waals surface area contributed by atoms with Crippen LogP contribution in [0.2, 0.25) is 0 Å². The summed E-state index contributed by atoms with van der Waals surface area (Å²) < 4.78 is 2.02. The molecule has 1 unspecified atom stereocenters. The van der Waals surface area contributed by atoms with E-state index < -0.39 is 0 Å². The summed E-state index contributed by atoms with van der Waals surface area (Å²) in [6, 6.07) is 8.32. The summed E-state index contributed by atoms with van der Waals surface area (Å²) in [7, 11) is 0. The lowest BCUT2D eigenvalue weighted by atomic mass is 10.0.